The molecule has 2 amide bonds. The van der Waals surface area contributed by atoms with Crippen LogP contribution in [-0.4, -0.2) is 42.0 Å². The van der Waals surface area contributed by atoms with Gasteiger partial charge in [-0.05, 0) is 55.0 Å². The number of rotatable bonds is 7. The Bertz CT molecular complexity index is 1020. The van der Waals surface area contributed by atoms with Crippen molar-refractivity contribution < 1.29 is 23.8 Å². The smallest absolute Gasteiger partial charge is 0.285 e. The van der Waals surface area contributed by atoms with Gasteiger partial charge in [0.15, 0.2) is 15.8 Å². The monoisotopic (exact) mass is 444 g/mol. The van der Waals surface area contributed by atoms with Gasteiger partial charge in [0.05, 0.1) is 31.3 Å². The van der Waals surface area contributed by atoms with Crippen molar-refractivity contribution in [2.45, 2.75) is 6.92 Å². The Hall–Kier alpha value is -3.04. The van der Waals surface area contributed by atoms with Crippen molar-refractivity contribution >= 4 is 46.2 Å². The molecule has 1 heterocycles. The molecule has 9 heteroatoms. The molecule has 0 atom stereocenters. The van der Waals surface area contributed by atoms with Crippen molar-refractivity contribution in [1.29, 1.82) is 0 Å². The second kappa shape index (κ2) is 9.64. The summed E-state index contributed by atoms with van der Waals surface area (Å²) >= 11 is 6.38. The minimum absolute atomic E-state index is 0.229. The van der Waals surface area contributed by atoms with Gasteiger partial charge in [0.2, 0.25) is 0 Å². The van der Waals surface area contributed by atoms with Gasteiger partial charge < -0.3 is 14.2 Å². The van der Waals surface area contributed by atoms with Crippen LogP contribution in [0.15, 0.2) is 47.4 Å². The number of nitrogens with zero attached hydrogens (tertiary/aromatic N) is 1. The highest BCUT2D eigenvalue weighted by Gasteiger charge is 2.34. The highest BCUT2D eigenvalue weighted by molar-refractivity contribution is 8.26. The molecule has 0 aromatic heterocycles. The average Bonchev–Trinajstić information content (AvgIpc) is 3.02. The van der Waals surface area contributed by atoms with E-state index in [1.54, 1.807) is 49.6 Å². The highest BCUT2D eigenvalue weighted by atomic mass is 32.2. The Labute approximate surface area is 184 Å². The molecule has 0 saturated carbocycles. The van der Waals surface area contributed by atoms with Crippen LogP contribution in [0.3, 0.4) is 0 Å². The van der Waals surface area contributed by atoms with E-state index in [1.807, 2.05) is 13.0 Å². The van der Waals surface area contributed by atoms with Crippen LogP contribution in [0.1, 0.15) is 22.8 Å². The summed E-state index contributed by atoms with van der Waals surface area (Å²) in [4.78, 5) is 25.8. The van der Waals surface area contributed by atoms with Crippen LogP contribution in [0.25, 0.3) is 6.08 Å². The number of methoxy groups -OCH3 is 2. The van der Waals surface area contributed by atoms with Crippen molar-refractivity contribution in [3.05, 3.63) is 58.5 Å². The highest BCUT2D eigenvalue weighted by Crippen LogP contribution is 2.34. The van der Waals surface area contributed by atoms with Gasteiger partial charge in [0, 0.05) is 0 Å². The molecule has 1 fully saturated rings. The summed E-state index contributed by atoms with van der Waals surface area (Å²) in [6.07, 6.45) is 1.69. The molecular weight excluding hydrogens is 424 g/mol. The van der Waals surface area contributed by atoms with Crippen molar-refractivity contribution in [3.63, 3.8) is 0 Å². The maximum absolute atomic E-state index is 12.8. The number of nitrogens with one attached hydrogen (secondary N) is 1. The predicted molar refractivity (Wildman–Crippen MR) is 120 cm³/mol. The van der Waals surface area contributed by atoms with Gasteiger partial charge in [-0.1, -0.05) is 30.0 Å². The number of thiocarbonyl (C=S) groups is 1. The van der Waals surface area contributed by atoms with Gasteiger partial charge in [-0.2, -0.15) is 5.01 Å². The zero-order chi connectivity index (χ0) is 21.7. The first-order chi connectivity index (χ1) is 14.5. The van der Waals surface area contributed by atoms with Crippen LogP contribution >= 0.6 is 24.0 Å². The summed E-state index contributed by atoms with van der Waals surface area (Å²) in [6, 6.07) is 12.1. The van der Waals surface area contributed by atoms with E-state index in [0.29, 0.717) is 34.3 Å². The molecule has 3 rings (SSSR count). The zero-order valence-corrected chi connectivity index (χ0v) is 18.3. The van der Waals surface area contributed by atoms with Crippen molar-refractivity contribution in [2.75, 3.05) is 20.8 Å². The van der Waals surface area contributed by atoms with Crippen LogP contribution in [0.2, 0.25) is 0 Å². The average molecular weight is 445 g/mol. The fraction of sp³-hybridized carbons (Fsp3) is 0.190. The summed E-state index contributed by atoms with van der Waals surface area (Å²) in [5, 5.41) is 1.06. The fourth-order valence-corrected chi connectivity index (χ4v) is 3.94. The van der Waals surface area contributed by atoms with E-state index < -0.39 is 11.8 Å². The number of carbonyl (C=O) groups excluding carboxylic acids is 2. The van der Waals surface area contributed by atoms with Crippen molar-refractivity contribution in [1.82, 2.24) is 10.4 Å². The first-order valence-corrected chi connectivity index (χ1v) is 10.2. The molecule has 1 aliphatic heterocycles. The van der Waals surface area contributed by atoms with E-state index in [-0.39, 0.29) is 4.32 Å². The second-order valence-corrected chi connectivity index (χ2v) is 7.68. The lowest BCUT2D eigenvalue weighted by atomic mass is 10.2. The zero-order valence-electron chi connectivity index (χ0n) is 16.6. The Balaban J connectivity index is 1.80. The first-order valence-electron chi connectivity index (χ1n) is 9.01. The molecule has 2 aromatic rings. The Kier molecular flexibility index (Phi) is 6.96. The molecule has 2 aromatic carbocycles. The van der Waals surface area contributed by atoms with Gasteiger partial charge in [-0.15, -0.1) is 0 Å². The van der Waals surface area contributed by atoms with Crippen LogP contribution in [0, 0.1) is 0 Å². The maximum Gasteiger partial charge on any atom is 0.285 e. The van der Waals surface area contributed by atoms with Crippen LogP contribution in [0.5, 0.6) is 17.2 Å². The topological polar surface area (TPSA) is 77.1 Å². The van der Waals surface area contributed by atoms with Gasteiger partial charge in [-0.25, -0.2) is 0 Å². The maximum atomic E-state index is 12.8. The second-order valence-electron chi connectivity index (χ2n) is 6.00. The molecule has 1 N–H and O–H groups in total. The lowest BCUT2D eigenvalue weighted by molar-refractivity contribution is -0.123. The molecule has 0 bridgehead atoms. The molecule has 1 saturated heterocycles. The third-order valence-electron chi connectivity index (χ3n) is 4.14. The number of thioether (sulfide) groups is 1. The number of hydrazine groups is 1. The molecule has 1 aliphatic rings. The molecule has 0 unspecified atom stereocenters. The number of hydrogen-bond donors (Lipinski definition) is 1. The predicted octanol–water partition coefficient (Wildman–Crippen LogP) is 3.65. The summed E-state index contributed by atoms with van der Waals surface area (Å²) in [7, 11) is 3.02. The number of para-hydroxylation sites is 1. The summed E-state index contributed by atoms with van der Waals surface area (Å²) < 4.78 is 16.3. The number of amides is 2. The van der Waals surface area contributed by atoms with Crippen molar-refractivity contribution in [2.24, 2.45) is 0 Å². The molecule has 0 spiro atoms. The Morgan fingerprint density at radius 1 is 1.13 bits per heavy atom. The van der Waals surface area contributed by atoms with Crippen LogP contribution in [-0.2, 0) is 4.79 Å². The summed E-state index contributed by atoms with van der Waals surface area (Å²) in [5.74, 6) is 0.672. The Morgan fingerprint density at radius 3 is 2.57 bits per heavy atom. The first kappa shape index (κ1) is 21.7. The number of carbonyl (C=O) groups is 2. The number of hydrogen-bond acceptors (Lipinski definition) is 7. The van der Waals surface area contributed by atoms with E-state index in [2.05, 4.69) is 5.43 Å². The molecule has 30 heavy (non-hydrogen) atoms. The molecule has 0 radical (unpaired) electrons. The number of benzene rings is 2. The molecule has 0 aliphatic carbocycles. The van der Waals surface area contributed by atoms with Gasteiger partial charge in [0.1, 0.15) is 5.75 Å². The van der Waals surface area contributed by atoms with E-state index in [0.717, 1.165) is 22.3 Å². The lowest BCUT2D eigenvalue weighted by Crippen LogP contribution is -2.44. The van der Waals surface area contributed by atoms with E-state index in [4.69, 9.17) is 26.4 Å². The minimum Gasteiger partial charge on any atom is -0.496 e. The van der Waals surface area contributed by atoms with Crippen LogP contribution in [0.4, 0.5) is 0 Å². The van der Waals surface area contributed by atoms with E-state index >= 15 is 0 Å². The van der Waals surface area contributed by atoms with E-state index in [9.17, 15) is 9.59 Å². The van der Waals surface area contributed by atoms with Crippen molar-refractivity contribution in [3.8, 4) is 17.2 Å². The molecule has 7 nitrogen and oxygen atoms in total. The third kappa shape index (κ3) is 4.58. The van der Waals surface area contributed by atoms with Crippen LogP contribution < -0.4 is 19.6 Å². The van der Waals surface area contributed by atoms with E-state index in [1.165, 1.54) is 7.11 Å². The van der Waals surface area contributed by atoms with Gasteiger partial charge in [-0.3, -0.25) is 15.0 Å². The standard InChI is InChI=1S/C21H20N2O5S2/c1-4-28-16-10-9-13(11-17(16)27-3)12-18-20(25)23(21(29)30-18)22-19(24)14-7-5-6-8-15(14)26-2/h5-12H,4H2,1-3H3,(H,22,24)/b18-12-. The summed E-state index contributed by atoms with van der Waals surface area (Å²) in [5.41, 5.74) is 3.59. The Morgan fingerprint density at radius 2 is 1.87 bits per heavy atom. The largest absolute Gasteiger partial charge is 0.496 e. The fourth-order valence-electron chi connectivity index (χ4n) is 2.76. The van der Waals surface area contributed by atoms with Gasteiger partial charge >= 0.3 is 0 Å². The third-order valence-corrected chi connectivity index (χ3v) is 5.45. The molecular formula is C21H20N2O5S2. The van der Waals surface area contributed by atoms with Gasteiger partial charge in [0.25, 0.3) is 11.8 Å². The lowest BCUT2D eigenvalue weighted by Gasteiger charge is -2.16. The summed E-state index contributed by atoms with van der Waals surface area (Å²) in [6.45, 7) is 2.40. The molecule has 156 valence electrons. The normalized spacial score (nSPS) is 14.8. The number of ether oxygens (including phenoxy) is 3. The quantitative estimate of drug-likeness (QED) is 0.516. The minimum atomic E-state index is -0.493. The SMILES string of the molecule is CCOc1ccc(/C=C2\SC(=S)N(NC(=O)c3ccccc3OC)C2=O)cc1OC.